The zero-order valence-corrected chi connectivity index (χ0v) is 13.8. The number of carbonyl (C=O) groups excluding carboxylic acids is 2. The Hall–Kier alpha value is -2.22. The summed E-state index contributed by atoms with van der Waals surface area (Å²) in [5, 5.41) is 14.0. The maximum atomic E-state index is 12.0. The number of hydrogen-bond donors (Lipinski definition) is 3. The number of ether oxygens (including phenoxy) is 1. The van der Waals surface area contributed by atoms with Gasteiger partial charge in [0.15, 0.2) is 0 Å². The first-order valence-electron chi connectivity index (χ1n) is 7.05. The number of benzene rings is 1. The van der Waals surface area contributed by atoms with Crippen LogP contribution >= 0.6 is 11.8 Å². The number of carbonyl (C=O) groups is 3. The van der Waals surface area contributed by atoms with E-state index in [9.17, 15) is 14.4 Å². The van der Waals surface area contributed by atoms with Gasteiger partial charge in [-0.3, -0.25) is 0 Å². The molecule has 1 rings (SSSR count). The van der Waals surface area contributed by atoms with Gasteiger partial charge in [0.05, 0.1) is 17.9 Å². The highest BCUT2D eigenvalue weighted by Crippen LogP contribution is 2.16. The number of urea groups is 1. The van der Waals surface area contributed by atoms with E-state index in [1.165, 1.54) is 17.8 Å². The topological polar surface area (TPSA) is 105 Å². The van der Waals surface area contributed by atoms with Crippen LogP contribution in [-0.4, -0.2) is 47.7 Å². The molecule has 0 radical (unpaired) electrons. The predicted molar refractivity (Wildman–Crippen MR) is 89.0 cm³/mol. The van der Waals surface area contributed by atoms with Crippen LogP contribution in [0.3, 0.4) is 0 Å². The van der Waals surface area contributed by atoms with Gasteiger partial charge in [-0.1, -0.05) is 12.1 Å². The van der Waals surface area contributed by atoms with Crippen LogP contribution in [0.1, 0.15) is 23.7 Å². The zero-order valence-electron chi connectivity index (χ0n) is 13.0. The lowest BCUT2D eigenvalue weighted by molar-refractivity contribution is -0.139. The summed E-state index contributed by atoms with van der Waals surface area (Å²) in [6.45, 7) is 1.90. The summed E-state index contributed by atoms with van der Waals surface area (Å²) in [5.41, 5.74) is 0.470. The summed E-state index contributed by atoms with van der Waals surface area (Å²) in [6.07, 6.45) is 2.16. The highest BCUT2D eigenvalue weighted by atomic mass is 32.2. The number of esters is 1. The Morgan fingerprint density at radius 2 is 2.00 bits per heavy atom. The number of carboxylic acid groups (broad SMARTS) is 1. The van der Waals surface area contributed by atoms with Gasteiger partial charge in [0, 0.05) is 0 Å². The Morgan fingerprint density at radius 3 is 2.61 bits per heavy atom. The third kappa shape index (κ3) is 6.19. The second kappa shape index (κ2) is 9.73. The first-order valence-corrected chi connectivity index (χ1v) is 8.44. The normalized spacial score (nSPS) is 11.4. The molecule has 2 amide bonds. The molecule has 1 atom stereocenters. The molecule has 0 saturated carbocycles. The number of rotatable bonds is 8. The maximum absolute atomic E-state index is 12.0. The van der Waals surface area contributed by atoms with Crippen molar-refractivity contribution in [2.45, 2.75) is 19.4 Å². The van der Waals surface area contributed by atoms with Gasteiger partial charge in [0.25, 0.3) is 0 Å². The van der Waals surface area contributed by atoms with Crippen LogP contribution in [0.4, 0.5) is 10.5 Å². The molecule has 7 nitrogen and oxygen atoms in total. The van der Waals surface area contributed by atoms with Crippen molar-refractivity contribution in [3.05, 3.63) is 29.8 Å². The molecular formula is C15H20N2O5S. The number of hydrogen-bond acceptors (Lipinski definition) is 5. The van der Waals surface area contributed by atoms with E-state index in [0.29, 0.717) is 12.2 Å². The molecule has 1 aromatic carbocycles. The largest absolute Gasteiger partial charge is 0.480 e. The third-order valence-corrected chi connectivity index (χ3v) is 3.53. The minimum absolute atomic E-state index is 0.209. The second-order valence-electron chi connectivity index (χ2n) is 4.54. The Morgan fingerprint density at radius 1 is 1.30 bits per heavy atom. The monoisotopic (exact) mass is 340 g/mol. The van der Waals surface area contributed by atoms with Gasteiger partial charge in [0.1, 0.15) is 6.04 Å². The van der Waals surface area contributed by atoms with Crippen molar-refractivity contribution in [2.24, 2.45) is 0 Å². The smallest absolute Gasteiger partial charge is 0.340 e. The summed E-state index contributed by atoms with van der Waals surface area (Å²) in [6, 6.07) is 4.70. The molecule has 0 aliphatic carbocycles. The van der Waals surface area contributed by atoms with Crippen LogP contribution in [0.25, 0.3) is 0 Å². The molecule has 1 aromatic rings. The van der Waals surface area contributed by atoms with Crippen LogP contribution in [-0.2, 0) is 9.53 Å². The Bertz CT molecular complexity index is 565. The molecule has 0 bridgehead atoms. The standard InChI is InChI=1S/C15H20N2O5S/c1-3-22-14(20)10-6-4-5-7-11(10)16-15(21)17-12(13(18)19)8-9-23-2/h4-7,12H,3,8-9H2,1-2H3,(H,18,19)(H2,16,17,21)/t12-/m0/s1. The molecule has 0 fully saturated rings. The molecule has 0 aliphatic heterocycles. The number of anilines is 1. The van der Waals surface area contributed by atoms with Crippen molar-refractivity contribution in [3.63, 3.8) is 0 Å². The lowest BCUT2D eigenvalue weighted by Crippen LogP contribution is -2.43. The van der Waals surface area contributed by atoms with E-state index < -0.39 is 24.0 Å². The quantitative estimate of drug-likeness (QED) is 0.627. The van der Waals surface area contributed by atoms with Crippen LogP contribution in [0.15, 0.2) is 24.3 Å². The fourth-order valence-electron chi connectivity index (χ4n) is 1.79. The van der Waals surface area contributed by atoms with Gasteiger partial charge in [-0.2, -0.15) is 11.8 Å². The van der Waals surface area contributed by atoms with E-state index in [4.69, 9.17) is 9.84 Å². The van der Waals surface area contributed by atoms with Crippen molar-refractivity contribution in [1.29, 1.82) is 0 Å². The molecular weight excluding hydrogens is 320 g/mol. The SMILES string of the molecule is CCOC(=O)c1ccccc1NC(=O)N[C@@H](CCSC)C(=O)O. The molecule has 3 N–H and O–H groups in total. The molecule has 0 spiro atoms. The Labute approximate surface area is 138 Å². The van der Waals surface area contributed by atoms with Crippen LogP contribution < -0.4 is 10.6 Å². The molecule has 126 valence electrons. The second-order valence-corrected chi connectivity index (χ2v) is 5.52. The van der Waals surface area contributed by atoms with Crippen molar-refractivity contribution >= 4 is 35.4 Å². The number of nitrogens with one attached hydrogen (secondary N) is 2. The summed E-state index contributed by atoms with van der Waals surface area (Å²) >= 11 is 1.49. The number of para-hydroxylation sites is 1. The first kappa shape index (κ1) is 18.8. The first-order chi connectivity index (χ1) is 11.0. The van der Waals surface area contributed by atoms with Crippen LogP contribution in [0.2, 0.25) is 0 Å². The maximum Gasteiger partial charge on any atom is 0.340 e. The highest BCUT2D eigenvalue weighted by molar-refractivity contribution is 7.98. The van der Waals surface area contributed by atoms with Crippen molar-refractivity contribution in [2.75, 3.05) is 23.9 Å². The minimum Gasteiger partial charge on any atom is -0.480 e. The van der Waals surface area contributed by atoms with Gasteiger partial charge >= 0.3 is 18.0 Å². The molecule has 0 unspecified atom stereocenters. The van der Waals surface area contributed by atoms with Gasteiger partial charge in [0.2, 0.25) is 0 Å². The zero-order chi connectivity index (χ0) is 17.2. The Balaban J connectivity index is 2.77. The van der Waals surface area contributed by atoms with E-state index in [0.717, 1.165) is 0 Å². The average Bonchev–Trinajstić information content (AvgIpc) is 2.51. The van der Waals surface area contributed by atoms with Gasteiger partial charge < -0.3 is 20.5 Å². The Kier molecular flexibility index (Phi) is 7.96. The van der Waals surface area contributed by atoms with Gasteiger partial charge in [-0.15, -0.1) is 0 Å². The van der Waals surface area contributed by atoms with Crippen molar-refractivity contribution in [3.8, 4) is 0 Å². The number of carboxylic acids is 1. The summed E-state index contributed by atoms with van der Waals surface area (Å²) in [5.74, 6) is -1.05. The molecule has 0 aliphatic rings. The molecule has 0 heterocycles. The predicted octanol–water partition coefficient (Wildman–Crippen LogP) is 2.19. The van der Waals surface area contributed by atoms with Crippen LogP contribution in [0.5, 0.6) is 0 Å². The fourth-order valence-corrected chi connectivity index (χ4v) is 2.26. The third-order valence-electron chi connectivity index (χ3n) is 2.88. The molecule has 23 heavy (non-hydrogen) atoms. The van der Waals surface area contributed by atoms with E-state index in [2.05, 4.69) is 10.6 Å². The van der Waals surface area contributed by atoms with Crippen molar-refractivity contribution < 1.29 is 24.2 Å². The minimum atomic E-state index is -1.10. The van der Waals surface area contributed by atoms with E-state index >= 15 is 0 Å². The summed E-state index contributed by atoms with van der Waals surface area (Å²) in [4.78, 5) is 34.9. The number of amides is 2. The fraction of sp³-hybridized carbons (Fsp3) is 0.400. The van der Waals surface area contributed by atoms with E-state index in [1.807, 2.05) is 6.26 Å². The van der Waals surface area contributed by atoms with Crippen LogP contribution in [0, 0.1) is 0 Å². The van der Waals surface area contributed by atoms with Gasteiger partial charge in [-0.05, 0) is 37.5 Å². The highest BCUT2D eigenvalue weighted by Gasteiger charge is 2.20. The van der Waals surface area contributed by atoms with E-state index in [1.54, 1.807) is 25.1 Å². The summed E-state index contributed by atoms with van der Waals surface area (Å²) < 4.78 is 4.92. The van der Waals surface area contributed by atoms with Crippen molar-refractivity contribution in [1.82, 2.24) is 5.32 Å². The lowest BCUT2D eigenvalue weighted by atomic mass is 10.2. The lowest BCUT2D eigenvalue weighted by Gasteiger charge is -2.15. The molecule has 0 aromatic heterocycles. The average molecular weight is 340 g/mol. The summed E-state index contributed by atoms with van der Waals surface area (Å²) in [7, 11) is 0. The molecule has 0 saturated heterocycles. The molecule has 8 heteroatoms. The number of thioether (sulfide) groups is 1. The van der Waals surface area contributed by atoms with Gasteiger partial charge in [-0.25, -0.2) is 14.4 Å². The number of aliphatic carboxylic acids is 1. The van der Waals surface area contributed by atoms with E-state index in [-0.39, 0.29) is 17.9 Å².